The van der Waals surface area contributed by atoms with Gasteiger partial charge in [0.2, 0.25) is 0 Å². The molecule has 21 aliphatic heterocycles. The predicted octanol–water partition coefficient (Wildman–Crippen LogP) is -10.1. The van der Waals surface area contributed by atoms with E-state index < -0.39 is 375 Å². The molecule has 14 bridgehead atoms. The predicted molar refractivity (Wildman–Crippen MR) is 409 cm³/mol. The molecule has 0 radical (unpaired) electrons. The Labute approximate surface area is 759 Å². The van der Waals surface area contributed by atoms with Crippen LogP contribution in [0.4, 0.5) is 0 Å². The second-order valence-electron chi connectivity index (χ2n) is 29.7. The molecule has 24 rings (SSSR count). The molecule has 21 saturated heterocycles. The molecule has 0 aromatic heterocycles. The Kier molecular flexibility index (Phi) is 37.2. The van der Waals surface area contributed by atoms with E-state index in [0.29, 0.717) is 0 Å². The number of aliphatic hydroxyl groups is 9. The second kappa shape index (κ2) is 45.4. The summed E-state index contributed by atoms with van der Waals surface area (Å²) in [6.07, 6.45) is -97.5. The first-order valence-corrected chi connectivity index (χ1v) is 50.4. The molecule has 35 atom stereocenters. The van der Waals surface area contributed by atoms with Gasteiger partial charge in [0.25, 0.3) is 0 Å². The standard InChI is InChI=1S/C63H88O62S9/c64-36-42(70)59-112-29(19-103-126(73,74)75)45(36)117-57-40(68)37(65)47(31(110-57)21-105-128(79,80)81)120-62-56(102-18-28-14-8-3-9-15-28)54(125-134(97,98)99)51(35(116-62)25-109-132(91,92)93)123-60-43(71)39(67)46(30(113-60)20-104-127(76,77)78)119-61-52(100-16-26-10-4-1-5-11-26)44(72)49(33(114-61)23-107-130(85,86)87)118-58-41(69)38(66)48(32(111-58)22-106-129(82,83)84)121-63-55(101-17-27-12-6-2-7-13-27)53(124-133(94,95)96)50(122-59)34(115-63)24-108-131(88,89)90/h1-15,29-72H,16-25H2,(H,73,74,75)(H,76,77,78)(H,79,80,81)(H,82,83,84)(H,85,86,87)(H,88,89,90)(H,91,92,93)(H,94,95,96)(H,97,98,99)/t29-,30-,31-,32-,33-,34-,35-,36+,37+,38+,39+,40-,41-,42-,43-,44-,45+,46+,47+,48+,49+,50+,51+,52-,53-,54-,55-,56-,57+,58?,59+,60+,61+,62+,63?/m0/s1. The fourth-order valence-corrected chi connectivity index (χ4v) is 17.8. The summed E-state index contributed by atoms with van der Waals surface area (Å²) in [5.74, 6) is 0. The van der Waals surface area contributed by atoms with Crippen molar-refractivity contribution in [3.63, 3.8) is 0 Å². The third-order valence-electron chi connectivity index (χ3n) is 20.4. The molecule has 0 amide bonds. The minimum Gasteiger partial charge on any atom is -0.387 e. The van der Waals surface area contributed by atoms with Crippen LogP contribution in [0.15, 0.2) is 91.0 Å². The van der Waals surface area contributed by atoms with Gasteiger partial charge in [0.1, 0.15) is 171 Å². The fraction of sp³-hybridized carbons (Fsp3) is 0.714. The summed E-state index contributed by atoms with van der Waals surface area (Å²) in [6, 6.07) is 20.5. The summed E-state index contributed by atoms with van der Waals surface area (Å²) in [5, 5.41) is 111. The number of hydrogen-bond acceptors (Lipinski definition) is 53. The summed E-state index contributed by atoms with van der Waals surface area (Å²) in [7, 11) is -53.4. The smallest absolute Gasteiger partial charge is 0.387 e. The number of aliphatic hydroxyl groups excluding tert-OH is 9. The van der Waals surface area contributed by atoms with Crippen LogP contribution in [-0.2, 0) is 232 Å². The highest BCUT2D eigenvalue weighted by Crippen LogP contribution is 2.43. The number of ether oxygens (including phenoxy) is 17. The Bertz CT molecular complexity index is 5340. The molecule has 71 heteroatoms. The van der Waals surface area contributed by atoms with Crippen molar-refractivity contribution < 1.29 is 281 Å². The maximum atomic E-state index is 13.4. The van der Waals surface area contributed by atoms with E-state index in [4.69, 9.17) is 88.9 Å². The van der Waals surface area contributed by atoms with Gasteiger partial charge in [-0.15, -0.1) is 0 Å². The number of benzene rings is 3. The molecule has 18 N–H and O–H groups in total. The molecule has 2 unspecified atom stereocenters. The molecule has 62 nitrogen and oxygen atoms in total. The molecule has 766 valence electrons. The molecular weight excluding hydrogens is 2040 g/mol. The normalized spacial score (nSPS) is 37.9. The first kappa shape index (κ1) is 110. The lowest BCUT2D eigenvalue weighted by molar-refractivity contribution is -0.398. The fourth-order valence-electron chi connectivity index (χ4n) is 14.6. The lowest BCUT2D eigenvalue weighted by Crippen LogP contribution is -2.69. The first-order chi connectivity index (χ1) is 62.2. The van der Waals surface area contributed by atoms with E-state index >= 15 is 0 Å². The highest BCUT2D eigenvalue weighted by molar-refractivity contribution is 7.82. The van der Waals surface area contributed by atoms with Gasteiger partial charge in [0.05, 0.1) is 66.1 Å². The average molecular weight is 2130 g/mol. The summed E-state index contributed by atoms with van der Waals surface area (Å²) in [5.41, 5.74) is 0.224. The van der Waals surface area contributed by atoms with Crippen molar-refractivity contribution in [2.45, 2.75) is 235 Å². The largest absolute Gasteiger partial charge is 0.397 e. The summed E-state index contributed by atoms with van der Waals surface area (Å²) < 4.78 is 464. The first-order valence-electron chi connectivity index (χ1n) is 38.1. The molecule has 21 heterocycles. The van der Waals surface area contributed by atoms with Crippen LogP contribution in [0.25, 0.3) is 0 Å². The van der Waals surface area contributed by atoms with Crippen molar-refractivity contribution in [2.24, 2.45) is 0 Å². The molecule has 0 spiro atoms. The van der Waals surface area contributed by atoms with Crippen molar-refractivity contribution in [1.29, 1.82) is 0 Å². The maximum absolute atomic E-state index is 13.4. The van der Waals surface area contributed by atoms with E-state index in [1.165, 1.54) is 91.0 Å². The van der Waals surface area contributed by atoms with Crippen LogP contribution in [0.1, 0.15) is 16.7 Å². The molecule has 0 aliphatic carbocycles. The Morgan fingerprint density at radius 3 is 0.597 bits per heavy atom. The van der Waals surface area contributed by atoms with Gasteiger partial charge in [-0.3, -0.25) is 41.0 Å². The Morgan fingerprint density at radius 1 is 0.201 bits per heavy atom. The second-order valence-corrected chi connectivity index (χ2v) is 39.4. The van der Waals surface area contributed by atoms with E-state index in [0.717, 1.165) is 0 Å². The van der Waals surface area contributed by atoms with Crippen molar-refractivity contribution in [2.75, 3.05) is 46.2 Å². The number of hydrogen-bond donors (Lipinski definition) is 18. The van der Waals surface area contributed by atoms with E-state index in [2.05, 4.69) is 29.3 Å². The van der Waals surface area contributed by atoms with Gasteiger partial charge in [-0.2, -0.15) is 75.8 Å². The maximum Gasteiger partial charge on any atom is 0.397 e. The zero-order chi connectivity index (χ0) is 98.5. The van der Waals surface area contributed by atoms with Crippen LogP contribution in [0.2, 0.25) is 0 Å². The van der Waals surface area contributed by atoms with Crippen molar-refractivity contribution in [3.05, 3.63) is 108 Å². The lowest BCUT2D eigenvalue weighted by Gasteiger charge is -2.51. The Morgan fingerprint density at radius 2 is 0.381 bits per heavy atom. The lowest BCUT2D eigenvalue weighted by atomic mass is 9.95. The highest BCUT2D eigenvalue weighted by atomic mass is 32.3. The van der Waals surface area contributed by atoms with Crippen LogP contribution >= 0.6 is 0 Å². The molecule has 3 aromatic rings. The molecule has 21 fully saturated rings. The summed E-state index contributed by atoms with van der Waals surface area (Å²) in [4.78, 5) is 0. The van der Waals surface area contributed by atoms with E-state index in [1.807, 2.05) is 0 Å². The Hall–Kier alpha value is -4.55. The monoisotopic (exact) mass is 2120 g/mol. The van der Waals surface area contributed by atoms with Gasteiger partial charge in [0, 0.05) is 0 Å². The quantitative estimate of drug-likeness (QED) is 0.0247. The van der Waals surface area contributed by atoms with E-state index in [9.17, 15) is 163 Å². The topological polar surface area (TPSA) is 911 Å². The highest BCUT2D eigenvalue weighted by Gasteiger charge is 2.63. The molecular formula is C63H88O62S9. The van der Waals surface area contributed by atoms with Gasteiger partial charge >= 0.3 is 93.6 Å². The van der Waals surface area contributed by atoms with Crippen molar-refractivity contribution >= 4 is 93.6 Å². The summed E-state index contributed by atoms with van der Waals surface area (Å²) in [6.45, 7) is -15.0. The zero-order valence-electron chi connectivity index (χ0n) is 67.1. The SMILES string of the molecule is O=S(=O)(O)OC[C@@H]1O[C@@H]2O[C@H]3[C@H](OS(=O)(=O)O)[C@H](OCc4ccccc4)C(O[C@H]4[C@H](O)[C@H](O)C(O[C@H]5[C@H](O)[C@H](OCc6ccccc6)[C@@H](O[C@H]6[C@H](O)[C@H](O)[C@@H](O[C@H]7[C@H](OS(=O)(=O)O)[C@H](OCc8ccccc8)[C@@H](O[C@H]8[C@H](O)[C@H](O)[C@@H](O[C@H]1[C@H](O)[C@@H]2O)O[C@H]8COS(=O)(=O)O)O[C@H]7COS(=O)(=O)O)O[C@H]6COS(=O)(=O)O)O[C@H]5COS(=O)(=O)O)O[C@H]4COS(=O)(=O)O)O[C@H]3COS(=O)(=O)O. The van der Waals surface area contributed by atoms with Crippen LogP contribution in [-0.4, -0.2) is 424 Å². The minimum absolute atomic E-state index is 0.0394. The van der Waals surface area contributed by atoms with Gasteiger partial charge in [-0.05, 0) is 16.7 Å². The van der Waals surface area contributed by atoms with Gasteiger partial charge < -0.3 is 126 Å². The Balaban J connectivity index is 1.11. The van der Waals surface area contributed by atoms with Gasteiger partial charge in [-0.25, -0.2) is 37.6 Å². The third kappa shape index (κ3) is 31.5. The molecule has 0 saturated carbocycles. The van der Waals surface area contributed by atoms with Gasteiger partial charge in [-0.1, -0.05) is 91.0 Å². The van der Waals surface area contributed by atoms with Crippen LogP contribution in [0.5, 0.6) is 0 Å². The van der Waals surface area contributed by atoms with Crippen LogP contribution in [0.3, 0.4) is 0 Å². The van der Waals surface area contributed by atoms with E-state index in [-0.39, 0.29) is 16.7 Å². The number of rotatable bonds is 34. The summed E-state index contributed by atoms with van der Waals surface area (Å²) >= 11 is 0. The van der Waals surface area contributed by atoms with Crippen molar-refractivity contribution in [1.82, 2.24) is 0 Å². The van der Waals surface area contributed by atoms with E-state index in [1.54, 1.807) is 0 Å². The van der Waals surface area contributed by atoms with Crippen LogP contribution < -0.4 is 0 Å². The molecule has 3 aromatic carbocycles. The zero-order valence-corrected chi connectivity index (χ0v) is 74.5. The molecule has 134 heavy (non-hydrogen) atoms. The van der Waals surface area contributed by atoms with Gasteiger partial charge in [0.15, 0.2) is 44.0 Å². The molecule has 21 aliphatic rings. The van der Waals surface area contributed by atoms with Crippen molar-refractivity contribution in [3.8, 4) is 0 Å². The van der Waals surface area contributed by atoms with Crippen LogP contribution in [0, 0.1) is 0 Å². The third-order valence-corrected chi connectivity index (χ3v) is 24.4. The average Bonchev–Trinajstić information content (AvgIpc) is 0.774. The minimum atomic E-state index is -6.23.